The molecule has 2 aliphatic rings. The fourth-order valence-electron chi connectivity index (χ4n) is 6.06. The molecule has 0 N–H and O–H groups in total. The molecule has 0 unspecified atom stereocenters. The molecule has 2 aromatic carbocycles. The Kier molecular flexibility index (Phi) is 10.0. The quantitative estimate of drug-likeness (QED) is 0.330. The number of quaternary nitrogens is 1. The van der Waals surface area contributed by atoms with Crippen LogP contribution in [-0.4, -0.2) is 74.9 Å². The Balaban J connectivity index is 1.71. The number of rotatable bonds is 12. The summed E-state index contributed by atoms with van der Waals surface area (Å²) in [5.41, 5.74) is 3.49. The van der Waals surface area contributed by atoms with Crippen molar-refractivity contribution in [3.8, 4) is 23.0 Å². The molecule has 4 rings (SSSR count). The maximum Gasteiger partial charge on any atom is 0.278 e. The van der Waals surface area contributed by atoms with E-state index in [2.05, 4.69) is 36.2 Å². The zero-order valence-electron chi connectivity index (χ0n) is 24.6. The third kappa shape index (κ3) is 6.99. The van der Waals surface area contributed by atoms with Gasteiger partial charge in [0.05, 0.1) is 52.6 Å². The van der Waals surface area contributed by atoms with E-state index in [0.717, 1.165) is 58.1 Å². The second kappa shape index (κ2) is 13.4. The lowest BCUT2D eigenvalue weighted by Crippen LogP contribution is -2.55. The number of piperidine rings is 1. The van der Waals surface area contributed by atoms with E-state index in [-0.39, 0.29) is 11.9 Å². The van der Waals surface area contributed by atoms with E-state index in [4.69, 9.17) is 18.9 Å². The van der Waals surface area contributed by atoms with Gasteiger partial charge >= 0.3 is 0 Å². The number of amides is 1. The minimum absolute atomic E-state index is 0.0973. The lowest BCUT2D eigenvalue weighted by molar-refractivity contribution is -0.906. The first kappa shape index (κ1) is 29.1. The Bertz CT molecular complexity index is 1110. The number of fused-ring (bicyclic) bond motifs is 1. The van der Waals surface area contributed by atoms with E-state index in [1.54, 1.807) is 0 Å². The fourth-order valence-corrected chi connectivity index (χ4v) is 6.06. The topological polar surface area (TPSA) is 57.2 Å². The molecule has 0 aromatic heterocycles. The molecule has 1 atom stereocenters. The van der Waals surface area contributed by atoms with E-state index >= 15 is 0 Å². The van der Waals surface area contributed by atoms with Crippen molar-refractivity contribution >= 4 is 5.91 Å². The maximum absolute atomic E-state index is 14.0. The zero-order valence-corrected chi connectivity index (χ0v) is 24.6. The molecular formula is C32H47N2O5+. The summed E-state index contributed by atoms with van der Waals surface area (Å²) in [6.45, 7) is 13.6. The number of likely N-dealkylation sites (tertiary alicyclic amines) is 1. The first-order valence-electron chi connectivity index (χ1n) is 14.8. The van der Waals surface area contributed by atoms with Crippen molar-refractivity contribution < 1.29 is 28.2 Å². The molecule has 7 heteroatoms. The monoisotopic (exact) mass is 539 g/mol. The number of hydrogen-bond acceptors (Lipinski definition) is 5. The zero-order chi connectivity index (χ0) is 27.8. The van der Waals surface area contributed by atoms with Crippen LogP contribution in [0.3, 0.4) is 0 Å². The summed E-state index contributed by atoms with van der Waals surface area (Å²) in [4.78, 5) is 16.1. The number of ether oxygens (including phenoxy) is 4. The first-order valence-corrected chi connectivity index (χ1v) is 14.8. The first-order chi connectivity index (χ1) is 18.9. The smallest absolute Gasteiger partial charge is 0.278 e. The molecule has 214 valence electrons. The molecule has 2 heterocycles. The summed E-state index contributed by atoms with van der Waals surface area (Å²) in [5.74, 6) is 3.26. The van der Waals surface area contributed by atoms with Gasteiger partial charge in [0.2, 0.25) is 0 Å². The molecule has 2 aliphatic heterocycles. The molecule has 1 amide bonds. The summed E-state index contributed by atoms with van der Waals surface area (Å²) >= 11 is 0. The Morgan fingerprint density at radius 1 is 0.821 bits per heavy atom. The number of carbonyl (C=O) groups excluding carboxylic acids is 1. The molecule has 0 spiro atoms. The van der Waals surface area contributed by atoms with Crippen LogP contribution in [0.15, 0.2) is 30.3 Å². The molecule has 39 heavy (non-hydrogen) atoms. The standard InChI is InChI=1S/C32H47N2O5/c1-6-36-28-14-13-24(20-29(28)37-7-2)19-27-26-22-31(39-9-4)30(38-8-3)21-25(26)15-16-33(27)32(35)23-34(5)17-11-10-12-18-34/h13-14,20-22,27H,6-12,15-19,23H2,1-5H3/q+1/t27-/m1/s1. The highest BCUT2D eigenvalue weighted by Crippen LogP contribution is 2.41. The van der Waals surface area contributed by atoms with Crippen LogP contribution in [0, 0.1) is 0 Å². The summed E-state index contributed by atoms with van der Waals surface area (Å²) in [6, 6.07) is 10.3. The van der Waals surface area contributed by atoms with Gasteiger partial charge in [0.25, 0.3) is 5.91 Å². The van der Waals surface area contributed by atoms with E-state index in [9.17, 15) is 4.79 Å². The molecule has 0 aliphatic carbocycles. The van der Waals surface area contributed by atoms with Gasteiger partial charge in [0.15, 0.2) is 29.5 Å². The van der Waals surface area contributed by atoms with Crippen LogP contribution < -0.4 is 18.9 Å². The Labute approximate surface area is 234 Å². The lowest BCUT2D eigenvalue weighted by atomic mass is 9.87. The summed E-state index contributed by atoms with van der Waals surface area (Å²) in [7, 11) is 2.24. The largest absolute Gasteiger partial charge is 0.490 e. The number of nitrogens with zero attached hydrogens (tertiary/aromatic N) is 2. The van der Waals surface area contributed by atoms with Crippen molar-refractivity contribution in [1.29, 1.82) is 0 Å². The predicted octanol–water partition coefficient (Wildman–Crippen LogP) is 5.58. The van der Waals surface area contributed by atoms with Crippen LogP contribution >= 0.6 is 0 Å². The van der Waals surface area contributed by atoms with Crippen LogP contribution in [0.4, 0.5) is 0 Å². The highest BCUT2D eigenvalue weighted by molar-refractivity contribution is 5.78. The SMILES string of the molecule is CCOc1ccc(C[C@@H]2c3cc(OCC)c(OCC)cc3CCN2C(=O)C[N+]2(C)CCCCC2)cc1OCC. The van der Waals surface area contributed by atoms with E-state index in [1.165, 1.54) is 24.8 Å². The van der Waals surface area contributed by atoms with Crippen molar-refractivity contribution in [2.45, 2.75) is 65.8 Å². The van der Waals surface area contributed by atoms with Crippen molar-refractivity contribution in [2.24, 2.45) is 0 Å². The van der Waals surface area contributed by atoms with Gasteiger partial charge in [0.1, 0.15) is 0 Å². The molecule has 0 radical (unpaired) electrons. The van der Waals surface area contributed by atoms with Gasteiger partial charge in [0, 0.05) is 6.54 Å². The summed E-state index contributed by atoms with van der Waals surface area (Å²) < 4.78 is 24.5. The lowest BCUT2D eigenvalue weighted by Gasteiger charge is -2.42. The molecular weight excluding hydrogens is 492 g/mol. The number of hydrogen-bond donors (Lipinski definition) is 0. The third-order valence-electron chi connectivity index (χ3n) is 7.93. The number of benzene rings is 2. The molecule has 1 fully saturated rings. The van der Waals surface area contributed by atoms with Gasteiger partial charge in [-0.05, 0) is 101 Å². The summed E-state index contributed by atoms with van der Waals surface area (Å²) in [5, 5.41) is 0. The number of carbonyl (C=O) groups is 1. The Hall–Kier alpha value is -2.93. The maximum atomic E-state index is 14.0. The van der Waals surface area contributed by atoms with Gasteiger partial charge in [-0.1, -0.05) is 6.07 Å². The fraction of sp³-hybridized carbons (Fsp3) is 0.594. The third-order valence-corrected chi connectivity index (χ3v) is 7.93. The second-order valence-electron chi connectivity index (χ2n) is 10.9. The van der Waals surface area contributed by atoms with Crippen LogP contribution in [0.2, 0.25) is 0 Å². The van der Waals surface area contributed by atoms with Crippen LogP contribution in [0.1, 0.15) is 69.7 Å². The van der Waals surface area contributed by atoms with Crippen LogP contribution in [0.5, 0.6) is 23.0 Å². The predicted molar refractivity (Wildman–Crippen MR) is 154 cm³/mol. The van der Waals surface area contributed by atoms with E-state index in [0.29, 0.717) is 45.9 Å². The van der Waals surface area contributed by atoms with Crippen LogP contribution in [-0.2, 0) is 17.6 Å². The average molecular weight is 540 g/mol. The molecule has 7 nitrogen and oxygen atoms in total. The van der Waals surface area contributed by atoms with E-state index < -0.39 is 0 Å². The minimum Gasteiger partial charge on any atom is -0.490 e. The van der Waals surface area contributed by atoms with Gasteiger partial charge in [-0.25, -0.2) is 0 Å². The second-order valence-corrected chi connectivity index (χ2v) is 10.9. The van der Waals surface area contributed by atoms with Gasteiger partial charge in [-0.15, -0.1) is 0 Å². The van der Waals surface area contributed by atoms with Crippen molar-refractivity contribution in [1.82, 2.24) is 4.90 Å². The van der Waals surface area contributed by atoms with E-state index in [1.807, 2.05) is 33.8 Å². The number of likely N-dealkylation sites (N-methyl/N-ethyl adjacent to an activating group) is 1. The Morgan fingerprint density at radius 2 is 1.41 bits per heavy atom. The molecule has 0 saturated carbocycles. The highest BCUT2D eigenvalue weighted by Gasteiger charge is 2.36. The highest BCUT2D eigenvalue weighted by atomic mass is 16.5. The minimum atomic E-state index is -0.0973. The van der Waals surface area contributed by atoms with Crippen LogP contribution in [0.25, 0.3) is 0 Å². The van der Waals surface area contributed by atoms with Crippen molar-refractivity contribution in [3.05, 3.63) is 47.0 Å². The average Bonchev–Trinajstić information content (AvgIpc) is 2.91. The summed E-state index contributed by atoms with van der Waals surface area (Å²) in [6.07, 6.45) is 5.15. The normalized spacial score (nSPS) is 18.3. The Morgan fingerprint density at radius 3 is 2.05 bits per heavy atom. The molecule has 0 bridgehead atoms. The van der Waals surface area contributed by atoms with Crippen molar-refractivity contribution in [2.75, 3.05) is 59.7 Å². The molecule has 1 saturated heterocycles. The van der Waals surface area contributed by atoms with Gasteiger partial charge in [-0.2, -0.15) is 0 Å². The van der Waals surface area contributed by atoms with Gasteiger partial charge < -0.3 is 28.3 Å². The molecule has 2 aromatic rings. The van der Waals surface area contributed by atoms with Crippen molar-refractivity contribution in [3.63, 3.8) is 0 Å². The van der Waals surface area contributed by atoms with Gasteiger partial charge in [-0.3, -0.25) is 4.79 Å².